The van der Waals surface area contributed by atoms with E-state index in [2.05, 4.69) is 16.9 Å². The van der Waals surface area contributed by atoms with Crippen molar-refractivity contribution in [3.05, 3.63) is 66.5 Å². The molecule has 0 aliphatic heterocycles. The first kappa shape index (κ1) is 18.5. The van der Waals surface area contributed by atoms with E-state index in [0.29, 0.717) is 30.3 Å². The molecule has 0 spiro atoms. The molecule has 0 saturated carbocycles. The highest BCUT2D eigenvalue weighted by atomic mass is 16.5. The van der Waals surface area contributed by atoms with E-state index < -0.39 is 0 Å². The summed E-state index contributed by atoms with van der Waals surface area (Å²) in [4.78, 5) is 16.5. The molecule has 0 saturated heterocycles. The van der Waals surface area contributed by atoms with Gasteiger partial charge in [-0.3, -0.25) is 9.78 Å². The third-order valence-corrected chi connectivity index (χ3v) is 3.53. The molecule has 0 aliphatic rings. The van der Waals surface area contributed by atoms with Gasteiger partial charge in [0.2, 0.25) is 0 Å². The summed E-state index contributed by atoms with van der Waals surface area (Å²) in [6, 6.07) is 9.08. The predicted molar refractivity (Wildman–Crippen MR) is 98.2 cm³/mol. The molecule has 0 aliphatic carbocycles. The number of benzene rings is 1. The smallest absolute Gasteiger partial charge is 0.251 e. The Kier molecular flexibility index (Phi) is 7.01. The number of rotatable bonds is 9. The average Bonchev–Trinajstić information content (AvgIpc) is 2.61. The van der Waals surface area contributed by atoms with Gasteiger partial charge in [0.1, 0.15) is 6.61 Å². The highest BCUT2D eigenvalue weighted by Gasteiger charge is 2.14. The first-order valence-electron chi connectivity index (χ1n) is 8.34. The van der Waals surface area contributed by atoms with Crippen LogP contribution in [0.3, 0.4) is 0 Å². The molecule has 1 heterocycles. The fourth-order valence-electron chi connectivity index (χ4n) is 2.42. The molecule has 5 nitrogen and oxygen atoms in total. The Morgan fingerprint density at radius 1 is 1.24 bits per heavy atom. The number of pyridine rings is 1. The van der Waals surface area contributed by atoms with E-state index in [1.807, 2.05) is 26.0 Å². The van der Waals surface area contributed by atoms with Crippen LogP contribution in [0.25, 0.3) is 0 Å². The number of amides is 1. The molecule has 1 amide bonds. The third-order valence-electron chi connectivity index (χ3n) is 3.53. The lowest BCUT2D eigenvalue weighted by molar-refractivity contribution is 0.0939. The van der Waals surface area contributed by atoms with E-state index in [1.165, 1.54) is 0 Å². The van der Waals surface area contributed by atoms with Gasteiger partial charge in [0, 0.05) is 24.0 Å². The summed E-state index contributed by atoms with van der Waals surface area (Å²) in [5, 5.41) is 3.00. The van der Waals surface area contributed by atoms with E-state index >= 15 is 0 Å². The minimum Gasteiger partial charge on any atom is -0.490 e. The van der Waals surface area contributed by atoms with Crippen molar-refractivity contribution in [2.75, 3.05) is 13.2 Å². The van der Waals surface area contributed by atoms with Gasteiger partial charge in [0.25, 0.3) is 5.91 Å². The Hall–Kier alpha value is -2.82. The zero-order valence-corrected chi connectivity index (χ0v) is 14.7. The Bertz CT molecular complexity index is 701. The monoisotopic (exact) mass is 340 g/mol. The van der Waals surface area contributed by atoms with E-state index in [1.54, 1.807) is 36.7 Å². The maximum absolute atomic E-state index is 12.5. The Morgan fingerprint density at radius 3 is 2.68 bits per heavy atom. The van der Waals surface area contributed by atoms with E-state index in [0.717, 1.165) is 12.0 Å². The van der Waals surface area contributed by atoms with Crippen LogP contribution in [0.4, 0.5) is 0 Å². The zero-order valence-electron chi connectivity index (χ0n) is 14.7. The largest absolute Gasteiger partial charge is 0.490 e. The topological polar surface area (TPSA) is 60.5 Å². The SMILES string of the molecule is C=CCOc1ccc(C(=O)N[C@H](C)Cc2ccncc2)cc1OCC. The van der Waals surface area contributed by atoms with Gasteiger partial charge in [-0.2, -0.15) is 0 Å². The number of aromatic nitrogens is 1. The molecule has 1 N–H and O–H groups in total. The van der Waals surface area contributed by atoms with Crippen molar-refractivity contribution in [1.82, 2.24) is 10.3 Å². The molecule has 1 aromatic heterocycles. The molecule has 5 heteroatoms. The van der Waals surface area contributed by atoms with Gasteiger partial charge in [0.15, 0.2) is 11.5 Å². The normalized spacial score (nSPS) is 11.4. The Morgan fingerprint density at radius 2 is 2.00 bits per heavy atom. The first-order valence-corrected chi connectivity index (χ1v) is 8.34. The van der Waals surface area contributed by atoms with Crippen LogP contribution in [0.15, 0.2) is 55.4 Å². The van der Waals surface area contributed by atoms with Crippen LogP contribution in [0.5, 0.6) is 11.5 Å². The van der Waals surface area contributed by atoms with Crippen molar-refractivity contribution in [3.8, 4) is 11.5 Å². The number of ether oxygens (including phenoxy) is 2. The van der Waals surface area contributed by atoms with Crippen molar-refractivity contribution in [3.63, 3.8) is 0 Å². The molecular weight excluding hydrogens is 316 g/mol. The molecule has 132 valence electrons. The predicted octanol–water partition coefficient (Wildman–Crippen LogP) is 3.41. The first-order chi connectivity index (χ1) is 12.1. The molecule has 25 heavy (non-hydrogen) atoms. The second kappa shape index (κ2) is 9.47. The van der Waals surface area contributed by atoms with Crippen molar-refractivity contribution < 1.29 is 14.3 Å². The highest BCUT2D eigenvalue weighted by molar-refractivity contribution is 5.95. The molecule has 1 atom stereocenters. The summed E-state index contributed by atoms with van der Waals surface area (Å²) >= 11 is 0. The lowest BCUT2D eigenvalue weighted by Crippen LogP contribution is -2.34. The Balaban J connectivity index is 2.04. The number of hydrogen-bond acceptors (Lipinski definition) is 4. The Labute approximate surface area is 148 Å². The van der Waals surface area contributed by atoms with Gasteiger partial charge in [-0.15, -0.1) is 0 Å². The number of carbonyl (C=O) groups excluding carboxylic acids is 1. The van der Waals surface area contributed by atoms with Gasteiger partial charge in [-0.25, -0.2) is 0 Å². The van der Waals surface area contributed by atoms with E-state index in [-0.39, 0.29) is 11.9 Å². The summed E-state index contributed by atoms with van der Waals surface area (Å²) in [5.41, 5.74) is 1.67. The van der Waals surface area contributed by atoms with Crippen LogP contribution in [-0.4, -0.2) is 30.1 Å². The van der Waals surface area contributed by atoms with Gasteiger partial charge >= 0.3 is 0 Å². The maximum Gasteiger partial charge on any atom is 0.251 e. The van der Waals surface area contributed by atoms with Crippen molar-refractivity contribution in [2.24, 2.45) is 0 Å². The zero-order chi connectivity index (χ0) is 18.1. The fraction of sp³-hybridized carbons (Fsp3) is 0.300. The maximum atomic E-state index is 12.5. The van der Waals surface area contributed by atoms with Crippen molar-refractivity contribution >= 4 is 5.91 Å². The number of nitrogens with zero attached hydrogens (tertiary/aromatic N) is 1. The molecule has 0 unspecified atom stereocenters. The second-order valence-electron chi connectivity index (χ2n) is 5.63. The standard InChI is InChI=1S/C20H24N2O3/c1-4-12-25-18-7-6-17(14-19(18)24-5-2)20(23)22-15(3)13-16-8-10-21-11-9-16/h4,6-11,14-15H,1,5,12-13H2,2-3H3,(H,22,23)/t15-/m1/s1. The van der Waals surface area contributed by atoms with Crippen LogP contribution in [-0.2, 0) is 6.42 Å². The molecule has 2 rings (SSSR count). The van der Waals surface area contributed by atoms with Crippen molar-refractivity contribution in [1.29, 1.82) is 0 Å². The third kappa shape index (κ3) is 5.64. The summed E-state index contributed by atoms with van der Waals surface area (Å²) in [6.07, 6.45) is 5.91. The van der Waals surface area contributed by atoms with E-state index in [9.17, 15) is 4.79 Å². The van der Waals surface area contributed by atoms with E-state index in [4.69, 9.17) is 9.47 Å². The quantitative estimate of drug-likeness (QED) is 0.711. The van der Waals surface area contributed by atoms with Gasteiger partial charge < -0.3 is 14.8 Å². The van der Waals surface area contributed by atoms with Crippen LogP contribution in [0.1, 0.15) is 29.8 Å². The molecule has 2 aromatic rings. The molecular formula is C20H24N2O3. The lowest BCUT2D eigenvalue weighted by Gasteiger charge is -2.16. The number of carbonyl (C=O) groups is 1. The van der Waals surface area contributed by atoms with Crippen LogP contribution in [0.2, 0.25) is 0 Å². The summed E-state index contributed by atoms with van der Waals surface area (Å²) in [5.74, 6) is 1.01. The molecule has 1 aromatic carbocycles. The van der Waals surface area contributed by atoms with Crippen LogP contribution < -0.4 is 14.8 Å². The lowest BCUT2D eigenvalue weighted by atomic mass is 10.1. The number of hydrogen-bond donors (Lipinski definition) is 1. The summed E-state index contributed by atoms with van der Waals surface area (Å²) in [7, 11) is 0. The minimum absolute atomic E-state index is 0.00198. The average molecular weight is 340 g/mol. The molecule has 0 radical (unpaired) electrons. The van der Waals surface area contributed by atoms with Gasteiger partial charge in [-0.05, 0) is 56.2 Å². The summed E-state index contributed by atoms with van der Waals surface area (Å²) < 4.78 is 11.1. The number of nitrogens with one attached hydrogen (secondary N) is 1. The van der Waals surface area contributed by atoms with Gasteiger partial charge in [-0.1, -0.05) is 12.7 Å². The highest BCUT2D eigenvalue weighted by Crippen LogP contribution is 2.28. The molecule has 0 bridgehead atoms. The second-order valence-corrected chi connectivity index (χ2v) is 5.63. The molecule has 0 fully saturated rings. The minimum atomic E-state index is -0.141. The summed E-state index contributed by atoms with van der Waals surface area (Å²) in [6.45, 7) is 8.37. The fourth-order valence-corrected chi connectivity index (χ4v) is 2.42. The van der Waals surface area contributed by atoms with Crippen LogP contribution in [0, 0.1) is 0 Å². The van der Waals surface area contributed by atoms with Crippen molar-refractivity contribution in [2.45, 2.75) is 26.3 Å². The van der Waals surface area contributed by atoms with Crippen LogP contribution >= 0.6 is 0 Å². The van der Waals surface area contributed by atoms with Gasteiger partial charge in [0.05, 0.1) is 6.61 Å².